The molecule has 0 radical (unpaired) electrons. The molecule has 1 aromatic rings. The minimum atomic E-state index is -0.817. The van der Waals surface area contributed by atoms with Gasteiger partial charge in [-0.25, -0.2) is 8.78 Å². The minimum absolute atomic E-state index is 0.105. The van der Waals surface area contributed by atoms with Crippen molar-refractivity contribution in [2.24, 2.45) is 0 Å². The third-order valence-electron chi connectivity index (χ3n) is 2.25. The van der Waals surface area contributed by atoms with Gasteiger partial charge in [0, 0.05) is 13.1 Å². The Morgan fingerprint density at radius 2 is 1.93 bits per heavy atom. The van der Waals surface area contributed by atoms with Crippen molar-refractivity contribution < 1.29 is 13.9 Å². The Bertz CT molecular complexity index is 317. The monoisotopic (exact) mass is 215 g/mol. The molecule has 0 spiro atoms. The van der Waals surface area contributed by atoms with Crippen LogP contribution in [0.4, 0.5) is 8.78 Å². The molecule has 0 aromatic heterocycles. The van der Waals surface area contributed by atoms with Gasteiger partial charge in [0.2, 0.25) is 0 Å². The second-order valence-electron chi connectivity index (χ2n) is 3.53. The van der Waals surface area contributed by atoms with E-state index in [9.17, 15) is 8.78 Å². The van der Waals surface area contributed by atoms with Crippen LogP contribution in [0.3, 0.4) is 0 Å². The van der Waals surface area contributed by atoms with Crippen molar-refractivity contribution in [3.8, 4) is 0 Å². The average Bonchev–Trinajstić information content (AvgIpc) is 2.20. The predicted molar refractivity (Wildman–Crippen MR) is 54.6 cm³/mol. The van der Waals surface area contributed by atoms with Crippen molar-refractivity contribution in [3.05, 3.63) is 35.4 Å². The summed E-state index contributed by atoms with van der Waals surface area (Å²) in [4.78, 5) is 1.93. The second-order valence-corrected chi connectivity index (χ2v) is 3.53. The van der Waals surface area contributed by atoms with Gasteiger partial charge in [0.05, 0.1) is 6.61 Å². The summed E-state index contributed by atoms with van der Waals surface area (Å²) in [7, 11) is 1.87. The number of halogens is 2. The lowest BCUT2D eigenvalue weighted by Crippen LogP contribution is -2.24. The van der Waals surface area contributed by atoms with Gasteiger partial charge < -0.3 is 10.0 Å². The number of rotatable bonds is 5. The molecule has 0 aliphatic carbocycles. The van der Waals surface area contributed by atoms with Crippen LogP contribution in [0, 0.1) is 11.6 Å². The molecule has 0 amide bonds. The van der Waals surface area contributed by atoms with Crippen LogP contribution in [0.1, 0.15) is 5.56 Å². The van der Waals surface area contributed by atoms with Gasteiger partial charge in [0.1, 0.15) is 0 Å². The molecular weight excluding hydrogens is 200 g/mol. The smallest absolute Gasteiger partial charge is 0.159 e. The summed E-state index contributed by atoms with van der Waals surface area (Å²) in [5, 5.41) is 8.66. The molecule has 84 valence electrons. The first-order valence-electron chi connectivity index (χ1n) is 4.87. The van der Waals surface area contributed by atoms with E-state index in [1.807, 2.05) is 11.9 Å². The molecule has 0 fully saturated rings. The number of aliphatic hydroxyl groups is 1. The molecule has 0 heterocycles. The average molecular weight is 215 g/mol. The highest BCUT2D eigenvalue weighted by Gasteiger charge is 2.03. The Morgan fingerprint density at radius 1 is 1.20 bits per heavy atom. The van der Waals surface area contributed by atoms with E-state index < -0.39 is 11.6 Å². The molecule has 0 saturated heterocycles. The van der Waals surface area contributed by atoms with Crippen LogP contribution < -0.4 is 0 Å². The third-order valence-corrected chi connectivity index (χ3v) is 2.25. The number of hydrogen-bond donors (Lipinski definition) is 1. The standard InChI is InChI=1S/C11H15F2NO/c1-14(6-7-15)5-4-9-2-3-10(12)11(13)8-9/h2-3,8,15H,4-7H2,1H3. The van der Waals surface area contributed by atoms with Crippen molar-refractivity contribution in [1.29, 1.82) is 0 Å². The highest BCUT2D eigenvalue weighted by molar-refractivity contribution is 5.17. The van der Waals surface area contributed by atoms with Crippen molar-refractivity contribution >= 4 is 0 Å². The molecule has 0 aliphatic heterocycles. The maximum Gasteiger partial charge on any atom is 0.159 e. The van der Waals surface area contributed by atoms with Crippen LogP contribution in [0.2, 0.25) is 0 Å². The topological polar surface area (TPSA) is 23.5 Å². The summed E-state index contributed by atoms with van der Waals surface area (Å²) < 4.78 is 25.4. The molecule has 0 bridgehead atoms. The fraction of sp³-hybridized carbons (Fsp3) is 0.455. The van der Waals surface area contributed by atoms with E-state index >= 15 is 0 Å². The Balaban J connectivity index is 2.47. The SMILES string of the molecule is CN(CCO)CCc1ccc(F)c(F)c1. The van der Waals surface area contributed by atoms with Crippen molar-refractivity contribution in [3.63, 3.8) is 0 Å². The Hall–Kier alpha value is -1.00. The zero-order chi connectivity index (χ0) is 11.3. The molecule has 0 saturated carbocycles. The summed E-state index contributed by atoms with van der Waals surface area (Å²) in [5.41, 5.74) is 0.763. The van der Waals surface area contributed by atoms with E-state index in [4.69, 9.17) is 5.11 Å². The number of nitrogens with zero attached hydrogens (tertiary/aromatic N) is 1. The van der Waals surface area contributed by atoms with Crippen molar-refractivity contribution in [1.82, 2.24) is 4.90 Å². The number of aliphatic hydroxyl groups excluding tert-OH is 1. The maximum absolute atomic E-state index is 12.8. The molecule has 0 unspecified atom stereocenters. The molecule has 1 rings (SSSR count). The van der Waals surface area contributed by atoms with Gasteiger partial charge in [-0.3, -0.25) is 0 Å². The predicted octanol–water partition coefficient (Wildman–Crippen LogP) is 1.43. The van der Waals surface area contributed by atoms with Crippen molar-refractivity contribution in [2.45, 2.75) is 6.42 Å². The summed E-state index contributed by atoms with van der Waals surface area (Å²) in [6.07, 6.45) is 0.647. The lowest BCUT2D eigenvalue weighted by molar-refractivity contribution is 0.223. The Morgan fingerprint density at radius 3 is 2.53 bits per heavy atom. The second kappa shape index (κ2) is 5.78. The normalized spacial score (nSPS) is 11.0. The highest BCUT2D eigenvalue weighted by atomic mass is 19.2. The lowest BCUT2D eigenvalue weighted by Gasteiger charge is -2.14. The van der Waals surface area contributed by atoms with E-state index in [1.54, 1.807) is 6.07 Å². The van der Waals surface area contributed by atoms with E-state index in [0.29, 0.717) is 19.5 Å². The first-order chi connectivity index (χ1) is 7.13. The molecule has 0 aliphatic rings. The van der Waals surface area contributed by atoms with E-state index in [2.05, 4.69) is 0 Å². The summed E-state index contributed by atoms with van der Waals surface area (Å²) in [5.74, 6) is -1.63. The third kappa shape index (κ3) is 3.93. The number of likely N-dealkylation sites (N-methyl/N-ethyl adjacent to an activating group) is 1. The summed E-state index contributed by atoms with van der Waals surface area (Å²) in [6, 6.07) is 3.92. The molecule has 1 aromatic carbocycles. The lowest BCUT2D eigenvalue weighted by atomic mass is 10.1. The van der Waals surface area contributed by atoms with Crippen LogP contribution in [0.25, 0.3) is 0 Å². The number of hydrogen-bond acceptors (Lipinski definition) is 2. The zero-order valence-electron chi connectivity index (χ0n) is 8.71. The van der Waals surface area contributed by atoms with Crippen LogP contribution in [0.5, 0.6) is 0 Å². The van der Waals surface area contributed by atoms with Gasteiger partial charge in [-0.15, -0.1) is 0 Å². The summed E-state index contributed by atoms with van der Waals surface area (Å²) >= 11 is 0. The fourth-order valence-corrected chi connectivity index (χ4v) is 1.30. The van der Waals surface area contributed by atoms with Gasteiger partial charge in [-0.1, -0.05) is 6.07 Å². The molecule has 2 nitrogen and oxygen atoms in total. The molecule has 15 heavy (non-hydrogen) atoms. The van der Waals surface area contributed by atoms with Crippen LogP contribution in [-0.2, 0) is 6.42 Å². The van der Waals surface area contributed by atoms with Gasteiger partial charge in [-0.05, 0) is 31.2 Å². The van der Waals surface area contributed by atoms with Crippen LogP contribution in [-0.4, -0.2) is 36.8 Å². The van der Waals surface area contributed by atoms with Gasteiger partial charge >= 0.3 is 0 Å². The number of benzene rings is 1. The fourth-order valence-electron chi connectivity index (χ4n) is 1.30. The minimum Gasteiger partial charge on any atom is -0.395 e. The first kappa shape index (κ1) is 12.1. The zero-order valence-corrected chi connectivity index (χ0v) is 8.71. The molecule has 0 atom stereocenters. The van der Waals surface area contributed by atoms with Gasteiger partial charge in [-0.2, -0.15) is 0 Å². The molecular formula is C11H15F2NO. The molecule has 1 N–H and O–H groups in total. The van der Waals surface area contributed by atoms with E-state index in [1.165, 1.54) is 6.07 Å². The van der Waals surface area contributed by atoms with Crippen molar-refractivity contribution in [2.75, 3.05) is 26.7 Å². The summed E-state index contributed by atoms with van der Waals surface area (Å²) in [6.45, 7) is 1.41. The highest BCUT2D eigenvalue weighted by Crippen LogP contribution is 2.09. The van der Waals surface area contributed by atoms with Gasteiger partial charge in [0.25, 0.3) is 0 Å². The Labute approximate surface area is 88.1 Å². The van der Waals surface area contributed by atoms with E-state index in [0.717, 1.165) is 11.6 Å². The van der Waals surface area contributed by atoms with Gasteiger partial charge in [0.15, 0.2) is 11.6 Å². The first-order valence-corrected chi connectivity index (χ1v) is 4.87. The Kier molecular flexibility index (Phi) is 4.65. The quantitative estimate of drug-likeness (QED) is 0.803. The maximum atomic E-state index is 12.8. The van der Waals surface area contributed by atoms with E-state index in [-0.39, 0.29) is 6.61 Å². The van der Waals surface area contributed by atoms with Crippen LogP contribution in [0.15, 0.2) is 18.2 Å². The molecule has 4 heteroatoms. The largest absolute Gasteiger partial charge is 0.395 e. The van der Waals surface area contributed by atoms with Crippen LogP contribution >= 0.6 is 0 Å².